The molecule has 1 aliphatic carbocycles. The molecule has 102 valence electrons. The maximum Gasteiger partial charge on any atom is 0.276 e. The summed E-state index contributed by atoms with van der Waals surface area (Å²) in [6, 6.07) is 3.62. The molecule has 1 aliphatic heterocycles. The first-order chi connectivity index (χ1) is 9.17. The van der Waals surface area contributed by atoms with Gasteiger partial charge in [0.25, 0.3) is 5.69 Å². The molecule has 2 aliphatic rings. The molecular weight excluding hydrogens is 244 g/mol. The number of nitro groups is 1. The minimum atomic E-state index is -0.347. The predicted molar refractivity (Wildman–Crippen MR) is 73.5 cm³/mol. The Morgan fingerprint density at radius 2 is 2.37 bits per heavy atom. The van der Waals surface area contributed by atoms with E-state index in [0.717, 1.165) is 18.3 Å². The predicted octanol–water partition coefficient (Wildman–Crippen LogP) is 2.41. The maximum absolute atomic E-state index is 11.0. The van der Waals surface area contributed by atoms with Crippen molar-refractivity contribution in [2.45, 2.75) is 32.2 Å². The number of hydrogen-bond acceptors (Lipinski definition) is 5. The van der Waals surface area contributed by atoms with E-state index in [2.05, 4.69) is 15.2 Å². The van der Waals surface area contributed by atoms with Crippen LogP contribution in [0.25, 0.3) is 0 Å². The van der Waals surface area contributed by atoms with E-state index in [1.165, 1.54) is 25.3 Å². The Balaban J connectivity index is 1.93. The molecule has 19 heavy (non-hydrogen) atoms. The van der Waals surface area contributed by atoms with Crippen molar-refractivity contribution in [1.29, 1.82) is 0 Å². The fraction of sp³-hybridized carbons (Fsp3) is 0.615. The molecular formula is C13H18N4O2. The van der Waals surface area contributed by atoms with Crippen molar-refractivity contribution in [2.75, 3.05) is 23.3 Å². The lowest BCUT2D eigenvalue weighted by atomic mass is 10.1. The summed E-state index contributed by atoms with van der Waals surface area (Å²) in [5.41, 5.74) is 0.115. The Labute approximate surface area is 112 Å². The molecule has 2 atom stereocenters. The number of hydrogen-bond donors (Lipinski definition) is 1. The van der Waals surface area contributed by atoms with Crippen molar-refractivity contribution in [2.24, 2.45) is 5.92 Å². The van der Waals surface area contributed by atoms with Crippen LogP contribution in [0, 0.1) is 16.0 Å². The third-order valence-corrected chi connectivity index (χ3v) is 4.07. The Morgan fingerprint density at radius 1 is 1.53 bits per heavy atom. The maximum atomic E-state index is 11.0. The van der Waals surface area contributed by atoms with Crippen LogP contribution < -0.4 is 10.2 Å². The average molecular weight is 262 g/mol. The van der Waals surface area contributed by atoms with Crippen LogP contribution in [0.5, 0.6) is 0 Å². The van der Waals surface area contributed by atoms with Crippen molar-refractivity contribution >= 4 is 17.3 Å². The highest BCUT2D eigenvalue weighted by atomic mass is 16.6. The molecule has 2 fully saturated rings. The summed E-state index contributed by atoms with van der Waals surface area (Å²) in [5.74, 6) is 2.08. The monoisotopic (exact) mass is 262 g/mol. The zero-order valence-corrected chi connectivity index (χ0v) is 11.0. The van der Waals surface area contributed by atoms with Crippen LogP contribution in [-0.2, 0) is 0 Å². The fourth-order valence-electron chi connectivity index (χ4n) is 3.23. The van der Waals surface area contributed by atoms with Crippen molar-refractivity contribution in [3.8, 4) is 0 Å². The average Bonchev–Trinajstić information content (AvgIpc) is 3.01. The van der Waals surface area contributed by atoms with E-state index in [1.807, 2.05) is 6.92 Å². The summed E-state index contributed by atoms with van der Waals surface area (Å²) in [6.45, 7) is 3.65. The third kappa shape index (κ3) is 2.22. The van der Waals surface area contributed by atoms with Gasteiger partial charge in [0, 0.05) is 19.1 Å². The number of fused-ring (bicyclic) bond motifs is 2. The van der Waals surface area contributed by atoms with Crippen LogP contribution >= 0.6 is 0 Å². The molecule has 2 bridgehead atoms. The quantitative estimate of drug-likeness (QED) is 0.666. The van der Waals surface area contributed by atoms with Crippen LogP contribution in [0.1, 0.15) is 26.2 Å². The summed E-state index contributed by atoms with van der Waals surface area (Å²) in [6.07, 6.45) is 3.68. The Hall–Kier alpha value is -1.85. The van der Waals surface area contributed by atoms with E-state index in [-0.39, 0.29) is 10.6 Å². The van der Waals surface area contributed by atoms with E-state index in [0.29, 0.717) is 18.4 Å². The van der Waals surface area contributed by atoms with Gasteiger partial charge < -0.3 is 10.2 Å². The standard InChI is InChI=1S/C13H18N4O2/c1-2-14-12-6-11(17(18)19)7-13(15-12)16-8-9-3-4-10(16)5-9/h6-7,9-10H,2-5,8H2,1H3,(H,14,15). The summed E-state index contributed by atoms with van der Waals surface area (Å²) >= 11 is 0. The second kappa shape index (κ2) is 4.68. The highest BCUT2D eigenvalue weighted by Crippen LogP contribution is 2.40. The SMILES string of the molecule is CCNc1cc([N+](=O)[O-])cc(N2CC3CCC2C3)n1. The molecule has 2 heterocycles. The Bertz CT molecular complexity index is 505. The van der Waals surface area contributed by atoms with E-state index >= 15 is 0 Å². The molecule has 1 saturated heterocycles. The van der Waals surface area contributed by atoms with Crippen LogP contribution in [-0.4, -0.2) is 29.0 Å². The van der Waals surface area contributed by atoms with Crippen molar-refractivity contribution < 1.29 is 4.92 Å². The summed E-state index contributed by atoms with van der Waals surface area (Å²) in [4.78, 5) is 17.4. The highest BCUT2D eigenvalue weighted by Gasteiger charge is 2.38. The van der Waals surface area contributed by atoms with E-state index < -0.39 is 0 Å². The molecule has 0 spiro atoms. The molecule has 6 heteroatoms. The number of piperidine rings is 1. The zero-order chi connectivity index (χ0) is 13.4. The van der Waals surface area contributed by atoms with Gasteiger partial charge in [0.05, 0.1) is 17.1 Å². The van der Waals surface area contributed by atoms with Crippen molar-refractivity contribution in [1.82, 2.24) is 4.98 Å². The topological polar surface area (TPSA) is 71.3 Å². The molecule has 6 nitrogen and oxygen atoms in total. The van der Waals surface area contributed by atoms with Crippen molar-refractivity contribution in [3.05, 3.63) is 22.2 Å². The van der Waals surface area contributed by atoms with Crippen LogP contribution in [0.3, 0.4) is 0 Å². The Kier molecular flexibility index (Phi) is 3.00. The minimum absolute atomic E-state index is 0.115. The Morgan fingerprint density at radius 3 is 2.95 bits per heavy atom. The lowest BCUT2D eigenvalue weighted by molar-refractivity contribution is -0.384. The van der Waals surface area contributed by atoms with Crippen LogP contribution in [0.4, 0.5) is 17.3 Å². The van der Waals surface area contributed by atoms with Gasteiger partial charge in [-0.1, -0.05) is 0 Å². The molecule has 1 aromatic heterocycles. The molecule has 3 rings (SSSR count). The first-order valence-corrected chi connectivity index (χ1v) is 6.84. The number of pyridine rings is 1. The largest absolute Gasteiger partial charge is 0.370 e. The third-order valence-electron chi connectivity index (χ3n) is 4.07. The molecule has 0 aromatic carbocycles. The number of rotatable bonds is 4. The molecule has 1 aromatic rings. The molecule has 1 saturated carbocycles. The lowest BCUT2D eigenvalue weighted by Gasteiger charge is -2.28. The first-order valence-electron chi connectivity index (χ1n) is 6.84. The zero-order valence-electron chi connectivity index (χ0n) is 11.0. The smallest absolute Gasteiger partial charge is 0.276 e. The van der Waals surface area contributed by atoms with Crippen molar-refractivity contribution in [3.63, 3.8) is 0 Å². The summed E-state index contributed by atoms with van der Waals surface area (Å²) < 4.78 is 0. The second-order valence-corrected chi connectivity index (χ2v) is 5.34. The van der Waals surface area contributed by atoms with Gasteiger partial charge >= 0.3 is 0 Å². The number of nitrogens with zero attached hydrogens (tertiary/aromatic N) is 3. The lowest BCUT2D eigenvalue weighted by Crippen LogP contribution is -2.32. The van der Waals surface area contributed by atoms with Gasteiger partial charge in [0.2, 0.25) is 0 Å². The van der Waals surface area contributed by atoms with Gasteiger partial charge in [-0.2, -0.15) is 0 Å². The summed E-state index contributed by atoms with van der Waals surface area (Å²) in [7, 11) is 0. The van der Waals surface area contributed by atoms with E-state index in [4.69, 9.17) is 0 Å². The van der Waals surface area contributed by atoms with Gasteiger partial charge in [0.1, 0.15) is 11.6 Å². The number of anilines is 2. The van der Waals surface area contributed by atoms with Gasteiger partial charge in [-0.15, -0.1) is 0 Å². The normalized spacial score (nSPS) is 24.8. The number of aromatic nitrogens is 1. The molecule has 2 unspecified atom stereocenters. The minimum Gasteiger partial charge on any atom is -0.370 e. The van der Waals surface area contributed by atoms with Gasteiger partial charge in [-0.3, -0.25) is 10.1 Å². The number of nitrogens with one attached hydrogen (secondary N) is 1. The highest BCUT2D eigenvalue weighted by molar-refractivity contribution is 5.57. The van der Waals surface area contributed by atoms with Gasteiger partial charge in [0.15, 0.2) is 0 Å². The van der Waals surface area contributed by atoms with Gasteiger partial charge in [-0.05, 0) is 32.1 Å². The molecule has 0 amide bonds. The van der Waals surface area contributed by atoms with Gasteiger partial charge in [-0.25, -0.2) is 4.98 Å². The molecule has 1 N–H and O–H groups in total. The molecule has 0 radical (unpaired) electrons. The van der Waals surface area contributed by atoms with Crippen LogP contribution in [0.15, 0.2) is 12.1 Å². The summed E-state index contributed by atoms with van der Waals surface area (Å²) in [5, 5.41) is 14.1. The second-order valence-electron chi connectivity index (χ2n) is 5.34. The van der Waals surface area contributed by atoms with Crippen LogP contribution in [0.2, 0.25) is 0 Å². The van der Waals surface area contributed by atoms with E-state index in [9.17, 15) is 10.1 Å². The fourth-order valence-corrected chi connectivity index (χ4v) is 3.23. The first kappa shape index (κ1) is 12.2. The van der Waals surface area contributed by atoms with E-state index in [1.54, 1.807) is 6.07 Å².